The van der Waals surface area contributed by atoms with Gasteiger partial charge in [-0.2, -0.15) is 18.3 Å². The molecule has 43 heavy (non-hydrogen) atoms. The predicted molar refractivity (Wildman–Crippen MR) is 151 cm³/mol. The van der Waals surface area contributed by atoms with Crippen molar-refractivity contribution in [2.75, 3.05) is 31.5 Å². The first kappa shape index (κ1) is 30.4. The molecule has 1 aliphatic heterocycles. The third kappa shape index (κ3) is 6.63. The molecule has 1 aliphatic carbocycles. The molecule has 5 rings (SSSR count). The van der Waals surface area contributed by atoms with Gasteiger partial charge in [0.05, 0.1) is 34.1 Å². The second-order valence-corrected chi connectivity index (χ2v) is 11.9. The Morgan fingerprint density at radius 2 is 1.70 bits per heavy atom. The van der Waals surface area contributed by atoms with Crippen molar-refractivity contribution in [1.82, 2.24) is 29.1 Å². The highest BCUT2D eigenvalue weighted by Crippen LogP contribution is 2.41. The van der Waals surface area contributed by atoms with Gasteiger partial charge in [-0.15, -0.1) is 0 Å². The molecule has 0 spiro atoms. The summed E-state index contributed by atoms with van der Waals surface area (Å²) < 4.78 is 49.1. The predicted octanol–water partition coefficient (Wildman–Crippen LogP) is 5.24. The van der Waals surface area contributed by atoms with Crippen LogP contribution in [0.2, 0.25) is 5.02 Å². The molecule has 0 unspecified atom stereocenters. The maximum atomic E-state index is 13.7. The number of amides is 3. The minimum Gasteiger partial charge on any atom is -0.444 e. The molecular weight excluding hydrogens is 591 g/mol. The fraction of sp³-hybridized carbons (Fsp3) is 0.464. The third-order valence-electron chi connectivity index (χ3n) is 7.06. The number of hydrogen-bond acceptors (Lipinski definition) is 6. The Hall–Kier alpha value is -4.07. The first-order valence-corrected chi connectivity index (χ1v) is 14.1. The summed E-state index contributed by atoms with van der Waals surface area (Å²) in [5.74, 6) is -1.13. The molecule has 0 bridgehead atoms. The summed E-state index contributed by atoms with van der Waals surface area (Å²) in [6.07, 6.45) is -1.05. The molecule has 3 heterocycles. The van der Waals surface area contributed by atoms with E-state index in [0.717, 1.165) is 12.8 Å². The summed E-state index contributed by atoms with van der Waals surface area (Å²) in [7, 11) is 1.45. The minimum atomic E-state index is -4.68. The van der Waals surface area contributed by atoms with E-state index in [1.54, 1.807) is 30.6 Å². The van der Waals surface area contributed by atoms with Gasteiger partial charge in [-0.05, 0) is 51.8 Å². The van der Waals surface area contributed by atoms with Crippen LogP contribution in [0, 0.1) is 0 Å². The Morgan fingerprint density at radius 3 is 2.28 bits per heavy atom. The molecule has 2 aromatic heterocycles. The smallest absolute Gasteiger partial charge is 0.435 e. The molecule has 230 valence electrons. The van der Waals surface area contributed by atoms with E-state index >= 15 is 0 Å². The standard InChI is InChI=1S/C28H31ClF3N7O4/c1-27(2,3)43-26(42)38-11-9-37(10-12-38)25(41)18-8-5-16(13-20(18)29)34-24(40)23-33-14-21(36(23)4)19-15-39(17-6-7-17)35-22(19)28(30,31)32/h5,8,13-15,17H,6-7,9-12H2,1-4H3,(H,34,40). The summed E-state index contributed by atoms with van der Waals surface area (Å²) in [6.45, 7) is 6.56. The molecular formula is C28H31ClF3N7O4. The maximum absolute atomic E-state index is 13.7. The van der Waals surface area contributed by atoms with Gasteiger partial charge >= 0.3 is 12.3 Å². The van der Waals surface area contributed by atoms with Gasteiger partial charge in [0.25, 0.3) is 11.8 Å². The number of rotatable bonds is 5. The number of alkyl halides is 3. The van der Waals surface area contributed by atoms with Crippen LogP contribution < -0.4 is 5.32 Å². The lowest BCUT2D eigenvalue weighted by Gasteiger charge is -2.35. The van der Waals surface area contributed by atoms with Crippen LogP contribution >= 0.6 is 11.6 Å². The van der Waals surface area contributed by atoms with Crippen LogP contribution in [0.1, 0.15) is 66.3 Å². The molecule has 3 amide bonds. The van der Waals surface area contributed by atoms with Gasteiger partial charge < -0.3 is 24.4 Å². The van der Waals surface area contributed by atoms with Gasteiger partial charge in [0, 0.05) is 45.1 Å². The number of carbonyl (C=O) groups excluding carboxylic acids is 3. The van der Waals surface area contributed by atoms with Crippen LogP contribution in [-0.2, 0) is 18.0 Å². The zero-order chi connectivity index (χ0) is 31.3. The van der Waals surface area contributed by atoms with Crippen molar-refractivity contribution in [2.24, 2.45) is 7.05 Å². The molecule has 1 aromatic carbocycles. The average Bonchev–Trinajstić information content (AvgIpc) is 3.55. The number of hydrogen-bond donors (Lipinski definition) is 1. The fourth-order valence-electron chi connectivity index (χ4n) is 4.73. The van der Waals surface area contributed by atoms with Crippen molar-refractivity contribution in [3.8, 4) is 11.3 Å². The first-order valence-electron chi connectivity index (χ1n) is 13.7. The second kappa shape index (κ2) is 11.2. The molecule has 0 radical (unpaired) electrons. The van der Waals surface area contributed by atoms with Gasteiger partial charge in [-0.1, -0.05) is 11.6 Å². The number of nitrogens with one attached hydrogen (secondary N) is 1. The lowest BCUT2D eigenvalue weighted by atomic mass is 10.1. The molecule has 2 fully saturated rings. The normalized spacial score (nSPS) is 15.9. The highest BCUT2D eigenvalue weighted by Gasteiger charge is 2.40. The van der Waals surface area contributed by atoms with Gasteiger partial charge in [0.1, 0.15) is 5.60 Å². The van der Waals surface area contributed by atoms with E-state index in [1.165, 1.54) is 46.9 Å². The lowest BCUT2D eigenvalue weighted by Crippen LogP contribution is -2.51. The molecule has 1 saturated heterocycles. The maximum Gasteiger partial charge on any atom is 0.435 e. The Morgan fingerprint density at radius 1 is 1.05 bits per heavy atom. The number of piperazine rings is 1. The van der Waals surface area contributed by atoms with E-state index in [-0.39, 0.29) is 45.3 Å². The van der Waals surface area contributed by atoms with Crippen LogP contribution in [0.5, 0.6) is 0 Å². The van der Waals surface area contributed by atoms with Crippen molar-refractivity contribution in [3.05, 3.63) is 52.7 Å². The molecule has 3 aromatic rings. The number of carbonyl (C=O) groups is 3. The quantitative estimate of drug-likeness (QED) is 0.417. The molecule has 1 saturated carbocycles. The van der Waals surface area contributed by atoms with E-state index in [9.17, 15) is 27.6 Å². The van der Waals surface area contributed by atoms with E-state index < -0.39 is 29.5 Å². The van der Waals surface area contributed by atoms with E-state index in [4.69, 9.17) is 16.3 Å². The fourth-order valence-corrected chi connectivity index (χ4v) is 4.99. The Bertz CT molecular complexity index is 1560. The van der Waals surface area contributed by atoms with Crippen LogP contribution in [0.4, 0.5) is 23.7 Å². The molecule has 1 N–H and O–H groups in total. The number of anilines is 1. The van der Waals surface area contributed by atoms with Crippen molar-refractivity contribution in [2.45, 2.75) is 51.4 Å². The number of nitrogens with zero attached hydrogens (tertiary/aromatic N) is 6. The summed E-state index contributed by atoms with van der Waals surface area (Å²) >= 11 is 6.41. The highest BCUT2D eigenvalue weighted by atomic mass is 35.5. The summed E-state index contributed by atoms with van der Waals surface area (Å²) in [4.78, 5) is 45.7. The third-order valence-corrected chi connectivity index (χ3v) is 7.38. The monoisotopic (exact) mass is 621 g/mol. The van der Waals surface area contributed by atoms with Crippen LogP contribution in [-0.4, -0.2) is 78.8 Å². The van der Waals surface area contributed by atoms with Crippen LogP contribution in [0.3, 0.4) is 0 Å². The SMILES string of the molecule is Cn1c(-c2cn(C3CC3)nc2C(F)(F)F)cnc1C(=O)Nc1ccc(C(=O)N2CCN(C(=O)OC(C)(C)C)CC2)c(Cl)c1. The minimum absolute atomic E-state index is 0.0627. The molecule has 15 heteroatoms. The van der Waals surface area contributed by atoms with E-state index in [0.29, 0.717) is 26.2 Å². The zero-order valence-electron chi connectivity index (χ0n) is 24.0. The molecule has 2 aliphatic rings. The summed E-state index contributed by atoms with van der Waals surface area (Å²) in [6, 6.07) is 4.33. The summed E-state index contributed by atoms with van der Waals surface area (Å²) in [5.41, 5.74) is -1.24. The van der Waals surface area contributed by atoms with Crippen LogP contribution in [0.15, 0.2) is 30.6 Å². The number of ether oxygens (including phenoxy) is 1. The molecule has 11 nitrogen and oxygen atoms in total. The molecule has 0 atom stereocenters. The summed E-state index contributed by atoms with van der Waals surface area (Å²) in [5, 5.41) is 6.48. The number of halogens is 4. The topological polar surface area (TPSA) is 115 Å². The zero-order valence-corrected chi connectivity index (χ0v) is 24.8. The van der Waals surface area contributed by atoms with Crippen LogP contribution in [0.25, 0.3) is 11.3 Å². The second-order valence-electron chi connectivity index (χ2n) is 11.5. The van der Waals surface area contributed by atoms with Gasteiger partial charge in [0.2, 0.25) is 0 Å². The Balaban J connectivity index is 1.25. The van der Waals surface area contributed by atoms with E-state index in [2.05, 4.69) is 15.4 Å². The average molecular weight is 622 g/mol. The number of benzene rings is 1. The van der Waals surface area contributed by atoms with Gasteiger partial charge in [0.15, 0.2) is 11.5 Å². The first-order chi connectivity index (χ1) is 20.1. The van der Waals surface area contributed by atoms with E-state index in [1.807, 2.05) is 0 Å². The van der Waals surface area contributed by atoms with Crippen molar-refractivity contribution in [3.63, 3.8) is 0 Å². The largest absolute Gasteiger partial charge is 0.444 e. The van der Waals surface area contributed by atoms with Crippen molar-refractivity contribution in [1.29, 1.82) is 0 Å². The van der Waals surface area contributed by atoms with Gasteiger partial charge in [-0.3, -0.25) is 14.3 Å². The van der Waals surface area contributed by atoms with Gasteiger partial charge in [-0.25, -0.2) is 9.78 Å². The Kier molecular flexibility index (Phi) is 7.92. The van der Waals surface area contributed by atoms with Crippen molar-refractivity contribution >= 4 is 35.2 Å². The lowest BCUT2D eigenvalue weighted by molar-refractivity contribution is -0.141. The van der Waals surface area contributed by atoms with Crippen molar-refractivity contribution < 1.29 is 32.3 Å². The number of imidazole rings is 1. The number of aromatic nitrogens is 4. The highest BCUT2D eigenvalue weighted by molar-refractivity contribution is 6.34. The Labute approximate surface area is 250 Å².